The van der Waals surface area contributed by atoms with E-state index < -0.39 is 0 Å². The third-order valence-corrected chi connectivity index (χ3v) is 3.98. The molecule has 1 heterocycles. The zero-order chi connectivity index (χ0) is 16.2. The number of anilines is 2. The van der Waals surface area contributed by atoms with Crippen LogP contribution >= 0.6 is 0 Å². The van der Waals surface area contributed by atoms with Gasteiger partial charge in [-0.3, -0.25) is 0 Å². The van der Waals surface area contributed by atoms with Crippen molar-refractivity contribution in [3.8, 4) is 0 Å². The number of aryl methyl sites for hydroxylation is 1. The van der Waals surface area contributed by atoms with E-state index in [-0.39, 0.29) is 6.17 Å². The first kappa shape index (κ1) is 15.2. The summed E-state index contributed by atoms with van der Waals surface area (Å²) in [5.74, 6) is 0. The van der Waals surface area contributed by atoms with Crippen LogP contribution in [0, 0.1) is 6.92 Å². The summed E-state index contributed by atoms with van der Waals surface area (Å²) in [6.07, 6.45) is 8.14. The van der Waals surface area contributed by atoms with Crippen LogP contribution in [-0.4, -0.2) is 0 Å². The van der Waals surface area contributed by atoms with E-state index in [2.05, 4.69) is 78.3 Å². The summed E-state index contributed by atoms with van der Waals surface area (Å²) in [6.45, 7) is 8.02. The average molecular weight is 302 g/mol. The summed E-state index contributed by atoms with van der Waals surface area (Å²) in [6, 6.07) is 17.1. The van der Waals surface area contributed by atoms with Crippen LogP contribution in [0.15, 0.2) is 85.1 Å². The maximum absolute atomic E-state index is 3.86. The lowest BCUT2D eigenvalue weighted by atomic mass is 10.1. The van der Waals surface area contributed by atoms with Gasteiger partial charge in [-0.05, 0) is 49.3 Å². The van der Waals surface area contributed by atoms with Gasteiger partial charge in [-0.25, -0.2) is 0 Å². The molecular weight excluding hydrogens is 280 g/mol. The monoisotopic (exact) mass is 302 g/mol. The maximum atomic E-state index is 3.86. The average Bonchev–Trinajstić information content (AvgIpc) is 2.94. The number of rotatable bonds is 4. The molecule has 2 nitrogen and oxygen atoms in total. The first-order chi connectivity index (χ1) is 11.2. The number of fused-ring (bicyclic) bond motifs is 1. The second-order valence-electron chi connectivity index (χ2n) is 5.68. The molecule has 1 atom stereocenters. The Morgan fingerprint density at radius 2 is 1.96 bits per heavy atom. The van der Waals surface area contributed by atoms with Crippen molar-refractivity contribution in [2.24, 2.45) is 0 Å². The van der Waals surface area contributed by atoms with Gasteiger partial charge >= 0.3 is 0 Å². The Bertz CT molecular complexity index is 757. The molecule has 0 radical (unpaired) electrons. The summed E-state index contributed by atoms with van der Waals surface area (Å²) < 4.78 is 0. The molecular formula is C21H22N2. The molecule has 0 aliphatic carbocycles. The number of nitrogens with one attached hydrogen (secondary N) is 1. The van der Waals surface area contributed by atoms with Crippen LogP contribution in [0.5, 0.6) is 0 Å². The van der Waals surface area contributed by atoms with Crippen LogP contribution in [0.3, 0.4) is 0 Å². The molecule has 2 aromatic carbocycles. The van der Waals surface area contributed by atoms with Gasteiger partial charge in [0.2, 0.25) is 0 Å². The van der Waals surface area contributed by atoms with Gasteiger partial charge in [-0.15, -0.1) is 0 Å². The highest BCUT2D eigenvalue weighted by molar-refractivity contribution is 5.80. The number of nitrogens with zero attached hydrogens (tertiary/aromatic N) is 1. The highest BCUT2D eigenvalue weighted by Gasteiger charge is 2.31. The Labute approximate surface area is 138 Å². The van der Waals surface area contributed by atoms with Gasteiger partial charge < -0.3 is 10.2 Å². The number of allylic oxidation sites excluding steroid dienone is 4. The lowest BCUT2D eigenvalue weighted by Crippen LogP contribution is -2.26. The van der Waals surface area contributed by atoms with Crippen LogP contribution in [0.25, 0.3) is 0 Å². The molecule has 0 amide bonds. The topological polar surface area (TPSA) is 15.3 Å². The molecule has 2 aromatic rings. The van der Waals surface area contributed by atoms with E-state index in [1.54, 1.807) is 0 Å². The fraction of sp³-hybridized carbons (Fsp3) is 0.143. The Kier molecular flexibility index (Phi) is 4.33. The Morgan fingerprint density at radius 1 is 1.17 bits per heavy atom. The zero-order valence-electron chi connectivity index (χ0n) is 13.7. The second-order valence-corrected chi connectivity index (χ2v) is 5.68. The van der Waals surface area contributed by atoms with Gasteiger partial charge in [0.25, 0.3) is 0 Å². The van der Waals surface area contributed by atoms with Crippen molar-refractivity contribution in [2.75, 3.05) is 10.2 Å². The summed E-state index contributed by atoms with van der Waals surface area (Å²) in [5.41, 5.74) is 5.96. The highest BCUT2D eigenvalue weighted by atomic mass is 15.3. The van der Waals surface area contributed by atoms with E-state index in [4.69, 9.17) is 0 Å². The van der Waals surface area contributed by atoms with Crippen molar-refractivity contribution in [1.82, 2.24) is 0 Å². The van der Waals surface area contributed by atoms with Gasteiger partial charge in [-0.1, -0.05) is 55.1 Å². The highest BCUT2D eigenvalue weighted by Crippen LogP contribution is 2.44. The lowest BCUT2D eigenvalue weighted by molar-refractivity contribution is 0.801. The first-order valence-electron chi connectivity index (χ1n) is 7.91. The zero-order valence-corrected chi connectivity index (χ0v) is 13.7. The molecule has 23 heavy (non-hydrogen) atoms. The van der Waals surface area contributed by atoms with Crippen molar-refractivity contribution >= 4 is 11.4 Å². The molecule has 2 heteroatoms. The number of hydrogen-bond donors (Lipinski definition) is 1. The molecule has 0 fully saturated rings. The third-order valence-electron chi connectivity index (χ3n) is 3.98. The van der Waals surface area contributed by atoms with Crippen LogP contribution in [-0.2, 0) is 0 Å². The van der Waals surface area contributed by atoms with Crippen LogP contribution < -0.4 is 10.2 Å². The summed E-state index contributed by atoms with van der Waals surface area (Å²) in [7, 11) is 0. The number of benzene rings is 2. The fourth-order valence-electron chi connectivity index (χ4n) is 2.99. The van der Waals surface area contributed by atoms with Gasteiger partial charge in [0.15, 0.2) is 0 Å². The Hall–Kier alpha value is -2.74. The summed E-state index contributed by atoms with van der Waals surface area (Å²) in [5, 5.41) is 3.66. The Morgan fingerprint density at radius 3 is 2.65 bits per heavy atom. The van der Waals surface area contributed by atoms with Gasteiger partial charge in [0.1, 0.15) is 6.17 Å². The van der Waals surface area contributed by atoms with Crippen molar-refractivity contribution in [2.45, 2.75) is 20.0 Å². The predicted molar refractivity (Wildman–Crippen MR) is 99.6 cm³/mol. The molecule has 1 aliphatic heterocycles. The van der Waals surface area contributed by atoms with E-state index in [0.29, 0.717) is 0 Å². The second kappa shape index (κ2) is 6.57. The van der Waals surface area contributed by atoms with Crippen molar-refractivity contribution in [3.63, 3.8) is 0 Å². The molecule has 1 N–H and O–H groups in total. The number of hydrogen-bond acceptors (Lipinski definition) is 2. The minimum Gasteiger partial charge on any atom is -0.359 e. The van der Waals surface area contributed by atoms with E-state index in [1.807, 2.05) is 25.1 Å². The molecule has 0 saturated heterocycles. The smallest absolute Gasteiger partial charge is 0.130 e. The minimum absolute atomic E-state index is 0.0791. The van der Waals surface area contributed by atoms with Crippen LogP contribution in [0.4, 0.5) is 11.4 Å². The summed E-state index contributed by atoms with van der Waals surface area (Å²) in [4.78, 5) is 2.33. The molecule has 0 saturated carbocycles. The fourth-order valence-corrected chi connectivity index (χ4v) is 2.99. The standard InChI is InChI=1S/C21H22N2/c1-4-9-18(10-5-2)23-20-14-13-16(3)15-19(20)22-21(23)17-11-7-6-8-12-17/h4-15,21-22H,1H2,2-3H3/b10-5-,18-9+. The molecule has 0 bridgehead atoms. The minimum atomic E-state index is 0.0791. The van der Waals surface area contributed by atoms with Crippen LogP contribution in [0.1, 0.15) is 24.2 Å². The SMILES string of the molecule is C=C/C=C(\C=C/C)N1c2ccc(C)cc2NC1c1ccccc1. The summed E-state index contributed by atoms with van der Waals surface area (Å²) >= 11 is 0. The largest absolute Gasteiger partial charge is 0.359 e. The molecule has 116 valence electrons. The van der Waals surface area contributed by atoms with Gasteiger partial charge in [0.05, 0.1) is 11.4 Å². The Balaban J connectivity index is 2.13. The van der Waals surface area contributed by atoms with Crippen molar-refractivity contribution < 1.29 is 0 Å². The van der Waals surface area contributed by atoms with E-state index in [9.17, 15) is 0 Å². The van der Waals surface area contributed by atoms with Gasteiger partial charge in [-0.2, -0.15) is 0 Å². The molecule has 1 aliphatic rings. The quantitative estimate of drug-likeness (QED) is 0.742. The van der Waals surface area contributed by atoms with E-state index in [0.717, 1.165) is 5.70 Å². The van der Waals surface area contributed by atoms with E-state index >= 15 is 0 Å². The predicted octanol–water partition coefficient (Wildman–Crippen LogP) is 5.57. The maximum Gasteiger partial charge on any atom is 0.130 e. The normalized spacial score (nSPS) is 17.2. The van der Waals surface area contributed by atoms with E-state index in [1.165, 1.54) is 22.5 Å². The van der Waals surface area contributed by atoms with Crippen molar-refractivity contribution in [3.05, 3.63) is 96.2 Å². The molecule has 0 spiro atoms. The molecule has 0 aromatic heterocycles. The lowest BCUT2D eigenvalue weighted by Gasteiger charge is -2.28. The van der Waals surface area contributed by atoms with Crippen molar-refractivity contribution in [1.29, 1.82) is 0 Å². The first-order valence-corrected chi connectivity index (χ1v) is 7.91. The molecule has 3 rings (SSSR count). The van der Waals surface area contributed by atoms with Gasteiger partial charge in [0, 0.05) is 5.70 Å². The molecule has 1 unspecified atom stereocenters. The third kappa shape index (κ3) is 2.93. The van der Waals surface area contributed by atoms with Crippen LogP contribution in [0.2, 0.25) is 0 Å².